The van der Waals surface area contributed by atoms with Crippen LogP contribution in [0.4, 0.5) is 0 Å². The first-order chi connectivity index (χ1) is 22.7. The molecule has 0 saturated carbocycles. The molecule has 0 aliphatic heterocycles. The molecule has 3 aromatic carbocycles. The minimum absolute atomic E-state index is 0.0416. The van der Waals surface area contributed by atoms with E-state index in [9.17, 15) is 9.59 Å². The summed E-state index contributed by atoms with van der Waals surface area (Å²) in [5.74, 6) is -0.0832. The Bertz CT molecular complexity index is 2220. The smallest absolute Gasteiger partial charge is 0.196 e. The van der Waals surface area contributed by atoms with Gasteiger partial charge in [-0.3, -0.25) is 19.6 Å². The van der Waals surface area contributed by atoms with Crippen LogP contribution in [0.5, 0.6) is 0 Å². The molecule has 0 saturated heterocycles. The highest BCUT2D eigenvalue weighted by atomic mass is 16.1. The average Bonchev–Trinajstić information content (AvgIpc) is 3.59. The highest BCUT2D eigenvalue weighted by Gasteiger charge is 2.33. The fourth-order valence-corrected chi connectivity index (χ4v) is 6.56. The zero-order chi connectivity index (χ0) is 30.8. The fourth-order valence-electron chi connectivity index (χ4n) is 6.56. The summed E-state index contributed by atoms with van der Waals surface area (Å²) in [5.41, 5.74) is 11.6. The lowest BCUT2D eigenvalue weighted by atomic mass is 9.92. The first kappa shape index (κ1) is 26.0. The summed E-state index contributed by atoms with van der Waals surface area (Å²) >= 11 is 0. The van der Waals surface area contributed by atoms with Gasteiger partial charge in [0.15, 0.2) is 11.6 Å². The van der Waals surface area contributed by atoms with Gasteiger partial charge in [-0.05, 0) is 58.7 Å². The van der Waals surface area contributed by atoms with Crippen LogP contribution in [0.2, 0.25) is 0 Å². The number of ketones is 2. The number of carbonyl (C=O) groups excluding carboxylic acids is 2. The zero-order valence-corrected chi connectivity index (χ0v) is 24.3. The summed E-state index contributed by atoms with van der Waals surface area (Å²) < 4.78 is 0. The standard InChI is InChI=1S/C40H22N4O2/c45-39-27-11-3-1-9-25(27)37-35(39)29(21-33(43-37)31-13-5-7-19-41-31)23-15-17-24(18-16-23)30-22-34(32-14-6-8-20-42-32)44-38-26-10-2-4-12-28(26)40(46)36(30)38/h1-22H. The van der Waals surface area contributed by atoms with Gasteiger partial charge in [-0.15, -0.1) is 0 Å². The van der Waals surface area contributed by atoms with E-state index in [0.29, 0.717) is 45.0 Å². The van der Waals surface area contributed by atoms with Crippen LogP contribution < -0.4 is 0 Å². The van der Waals surface area contributed by atoms with Crippen LogP contribution in [0.25, 0.3) is 67.5 Å². The van der Waals surface area contributed by atoms with E-state index in [0.717, 1.165) is 44.8 Å². The van der Waals surface area contributed by atoms with Crippen molar-refractivity contribution in [2.45, 2.75) is 0 Å². The van der Waals surface area contributed by atoms with E-state index < -0.39 is 0 Å². The maximum absolute atomic E-state index is 13.8. The molecule has 0 atom stereocenters. The van der Waals surface area contributed by atoms with Gasteiger partial charge < -0.3 is 0 Å². The van der Waals surface area contributed by atoms with Gasteiger partial charge in [-0.1, -0.05) is 84.9 Å². The largest absolute Gasteiger partial charge is 0.288 e. The number of fused-ring (bicyclic) bond motifs is 6. The normalized spacial score (nSPS) is 12.4. The number of aromatic nitrogens is 4. The van der Waals surface area contributed by atoms with Gasteiger partial charge in [0.05, 0.1) is 45.3 Å². The third kappa shape index (κ3) is 3.90. The van der Waals surface area contributed by atoms with Gasteiger partial charge in [-0.25, -0.2) is 9.97 Å². The Hall–Kier alpha value is -6.40. The topological polar surface area (TPSA) is 85.7 Å². The minimum atomic E-state index is -0.0416. The average molecular weight is 591 g/mol. The Labute approximate surface area is 264 Å². The Morgan fingerprint density at radius 3 is 1.15 bits per heavy atom. The van der Waals surface area contributed by atoms with Crippen molar-refractivity contribution in [3.63, 3.8) is 0 Å². The molecule has 0 radical (unpaired) electrons. The molecule has 0 unspecified atom stereocenters. The number of nitrogens with zero attached hydrogens (tertiary/aromatic N) is 4. The van der Waals surface area contributed by atoms with Crippen molar-refractivity contribution in [1.82, 2.24) is 19.9 Å². The van der Waals surface area contributed by atoms with E-state index in [4.69, 9.17) is 9.97 Å². The number of hydrogen-bond acceptors (Lipinski definition) is 6. The highest BCUT2D eigenvalue weighted by molar-refractivity contribution is 6.25. The second kappa shape index (κ2) is 10.1. The van der Waals surface area contributed by atoms with Gasteiger partial charge in [0.1, 0.15) is 0 Å². The molecule has 0 fully saturated rings. The van der Waals surface area contributed by atoms with Crippen LogP contribution in [0, 0.1) is 0 Å². The van der Waals surface area contributed by atoms with Crippen molar-refractivity contribution in [3.8, 4) is 67.5 Å². The van der Waals surface area contributed by atoms with E-state index in [-0.39, 0.29) is 11.6 Å². The molecule has 2 aliphatic rings. The lowest BCUT2D eigenvalue weighted by Crippen LogP contribution is -2.02. The third-order valence-corrected chi connectivity index (χ3v) is 8.71. The SMILES string of the molecule is O=C1c2ccccc2-c2nc(-c3ccccn3)cc(-c3ccc(-c4cc(-c5ccccn5)nc5c4C(=O)c4ccccc4-5)cc3)c21. The first-order valence-electron chi connectivity index (χ1n) is 15.0. The lowest BCUT2D eigenvalue weighted by molar-refractivity contribution is 0.103. The fraction of sp³-hybridized carbons (Fsp3) is 0. The van der Waals surface area contributed by atoms with Crippen molar-refractivity contribution in [2.75, 3.05) is 0 Å². The molecule has 6 nitrogen and oxygen atoms in total. The molecular formula is C40H22N4O2. The minimum Gasteiger partial charge on any atom is -0.288 e. The van der Waals surface area contributed by atoms with E-state index in [2.05, 4.69) is 9.97 Å². The highest BCUT2D eigenvalue weighted by Crippen LogP contribution is 2.44. The number of carbonyl (C=O) groups is 2. The molecular weight excluding hydrogens is 568 g/mol. The predicted molar refractivity (Wildman–Crippen MR) is 177 cm³/mol. The molecule has 0 N–H and O–H groups in total. The van der Waals surface area contributed by atoms with Crippen molar-refractivity contribution in [3.05, 3.63) is 156 Å². The summed E-state index contributed by atoms with van der Waals surface area (Å²) in [6.07, 6.45) is 3.48. The van der Waals surface area contributed by atoms with Crippen LogP contribution in [0.1, 0.15) is 31.8 Å². The Morgan fingerprint density at radius 1 is 0.370 bits per heavy atom. The van der Waals surface area contributed by atoms with Gasteiger partial charge in [-0.2, -0.15) is 0 Å². The second-order valence-electron chi connectivity index (χ2n) is 11.3. The van der Waals surface area contributed by atoms with Crippen molar-refractivity contribution in [2.24, 2.45) is 0 Å². The van der Waals surface area contributed by atoms with Crippen LogP contribution in [-0.4, -0.2) is 31.5 Å². The Morgan fingerprint density at radius 2 is 0.761 bits per heavy atom. The molecule has 6 heteroatoms. The summed E-state index contributed by atoms with van der Waals surface area (Å²) in [6, 6.07) is 38.5. The van der Waals surface area contributed by atoms with Crippen molar-refractivity contribution >= 4 is 11.6 Å². The number of pyridine rings is 4. The maximum atomic E-state index is 13.8. The van der Waals surface area contributed by atoms with E-state index in [1.807, 2.05) is 121 Å². The molecule has 4 aromatic heterocycles. The summed E-state index contributed by atoms with van der Waals surface area (Å²) in [5, 5.41) is 0. The Balaban J connectivity index is 1.22. The maximum Gasteiger partial charge on any atom is 0.196 e. The van der Waals surface area contributed by atoms with E-state index >= 15 is 0 Å². The molecule has 7 aromatic rings. The quantitative estimate of drug-likeness (QED) is 0.205. The molecule has 0 spiro atoms. The summed E-state index contributed by atoms with van der Waals surface area (Å²) in [6.45, 7) is 0. The zero-order valence-electron chi connectivity index (χ0n) is 24.3. The molecule has 214 valence electrons. The van der Waals surface area contributed by atoms with Crippen LogP contribution >= 0.6 is 0 Å². The number of hydrogen-bond donors (Lipinski definition) is 0. The molecule has 0 bridgehead atoms. The number of rotatable bonds is 4. The summed E-state index contributed by atoms with van der Waals surface area (Å²) in [7, 11) is 0. The van der Waals surface area contributed by atoms with Crippen LogP contribution in [0.3, 0.4) is 0 Å². The van der Waals surface area contributed by atoms with Crippen molar-refractivity contribution < 1.29 is 9.59 Å². The number of benzene rings is 3. The van der Waals surface area contributed by atoms with Crippen molar-refractivity contribution in [1.29, 1.82) is 0 Å². The molecule has 9 rings (SSSR count). The van der Waals surface area contributed by atoms with Crippen LogP contribution in [-0.2, 0) is 0 Å². The van der Waals surface area contributed by atoms with Gasteiger partial charge in [0.25, 0.3) is 0 Å². The van der Waals surface area contributed by atoms with Gasteiger partial charge >= 0.3 is 0 Å². The van der Waals surface area contributed by atoms with E-state index in [1.54, 1.807) is 12.4 Å². The van der Waals surface area contributed by atoms with Gasteiger partial charge in [0.2, 0.25) is 0 Å². The molecule has 4 heterocycles. The Kier molecular flexibility index (Phi) is 5.70. The summed E-state index contributed by atoms with van der Waals surface area (Å²) in [4.78, 5) is 46.5. The van der Waals surface area contributed by atoms with Gasteiger partial charge in [0, 0.05) is 34.6 Å². The third-order valence-electron chi connectivity index (χ3n) is 8.71. The molecule has 46 heavy (non-hydrogen) atoms. The van der Waals surface area contributed by atoms with Crippen LogP contribution in [0.15, 0.2) is 134 Å². The predicted octanol–water partition coefficient (Wildman–Crippen LogP) is 8.36. The monoisotopic (exact) mass is 590 g/mol. The molecule has 0 amide bonds. The van der Waals surface area contributed by atoms with E-state index in [1.165, 1.54) is 0 Å². The lowest BCUT2D eigenvalue weighted by Gasteiger charge is -2.14. The first-order valence-corrected chi connectivity index (χ1v) is 15.0. The second-order valence-corrected chi connectivity index (χ2v) is 11.3. The molecule has 2 aliphatic carbocycles.